The fourth-order valence-electron chi connectivity index (χ4n) is 2.47. The first-order valence-electron chi connectivity index (χ1n) is 6.33. The molecule has 7 heteroatoms. The zero-order valence-corrected chi connectivity index (χ0v) is 11.8. The third-order valence-electron chi connectivity index (χ3n) is 3.53. The van der Waals surface area contributed by atoms with E-state index in [1.54, 1.807) is 36.3 Å². The number of nitrogens with zero attached hydrogens (tertiary/aromatic N) is 2. The molecular formula is C13H15ClN4O2. The van der Waals surface area contributed by atoms with Crippen molar-refractivity contribution in [3.63, 3.8) is 0 Å². The molecule has 0 aromatic carbocycles. The maximum atomic E-state index is 12.4. The molecule has 1 aliphatic rings. The molecule has 0 aliphatic carbocycles. The molecule has 106 valence electrons. The van der Waals surface area contributed by atoms with Crippen LogP contribution in [0.2, 0.25) is 5.02 Å². The number of hydrogen-bond acceptors (Lipinski definition) is 3. The molecule has 1 aliphatic heterocycles. The molecule has 0 bridgehead atoms. The highest BCUT2D eigenvalue weighted by Gasteiger charge is 2.41. The number of ether oxygens (including phenoxy) is 1. The van der Waals surface area contributed by atoms with Gasteiger partial charge in [-0.2, -0.15) is 0 Å². The van der Waals surface area contributed by atoms with Crippen molar-refractivity contribution in [3.05, 3.63) is 41.2 Å². The number of aromatic amines is 1. The Hall–Kier alpha value is -1.79. The van der Waals surface area contributed by atoms with Crippen molar-refractivity contribution in [1.29, 1.82) is 0 Å². The second-order valence-electron chi connectivity index (χ2n) is 4.93. The predicted molar refractivity (Wildman–Crippen MR) is 73.6 cm³/mol. The molecule has 2 N–H and O–H groups in total. The number of nitrogens with one attached hydrogen (secondary N) is 2. The van der Waals surface area contributed by atoms with Crippen molar-refractivity contribution in [1.82, 2.24) is 19.9 Å². The van der Waals surface area contributed by atoms with E-state index in [2.05, 4.69) is 15.3 Å². The molecule has 20 heavy (non-hydrogen) atoms. The number of rotatable bonds is 3. The predicted octanol–water partition coefficient (Wildman–Crippen LogP) is 1.45. The van der Waals surface area contributed by atoms with Gasteiger partial charge in [-0.25, -0.2) is 4.98 Å². The van der Waals surface area contributed by atoms with Crippen LogP contribution >= 0.6 is 11.6 Å². The lowest BCUT2D eigenvalue weighted by atomic mass is 9.97. The van der Waals surface area contributed by atoms with Gasteiger partial charge in [0.1, 0.15) is 17.1 Å². The first kappa shape index (κ1) is 13.2. The first-order valence-corrected chi connectivity index (χ1v) is 6.70. The zero-order chi connectivity index (χ0) is 14.2. The Bertz CT molecular complexity index is 614. The largest absolute Gasteiger partial charge is 0.378 e. The van der Waals surface area contributed by atoms with Crippen LogP contribution in [0.5, 0.6) is 0 Å². The van der Waals surface area contributed by atoms with E-state index in [0.717, 1.165) is 0 Å². The van der Waals surface area contributed by atoms with Crippen molar-refractivity contribution in [3.8, 4) is 0 Å². The van der Waals surface area contributed by atoms with Gasteiger partial charge < -0.3 is 19.6 Å². The molecule has 3 heterocycles. The minimum atomic E-state index is -0.600. The summed E-state index contributed by atoms with van der Waals surface area (Å²) < 4.78 is 7.15. The van der Waals surface area contributed by atoms with Crippen LogP contribution in [-0.2, 0) is 17.3 Å². The molecule has 1 unspecified atom stereocenters. The molecule has 0 radical (unpaired) electrons. The lowest BCUT2D eigenvalue weighted by Crippen LogP contribution is -2.47. The number of halogens is 1. The summed E-state index contributed by atoms with van der Waals surface area (Å²) in [6.45, 7) is 0.999. The van der Waals surface area contributed by atoms with Crippen LogP contribution in [0.1, 0.15) is 22.7 Å². The fourth-order valence-corrected chi connectivity index (χ4v) is 2.72. The molecule has 3 rings (SSSR count). The monoisotopic (exact) mass is 294 g/mol. The molecule has 6 nitrogen and oxygen atoms in total. The zero-order valence-electron chi connectivity index (χ0n) is 11.0. The summed E-state index contributed by atoms with van der Waals surface area (Å²) in [6, 6.07) is 1.64. The average molecular weight is 295 g/mol. The van der Waals surface area contributed by atoms with Gasteiger partial charge in [-0.05, 0) is 6.07 Å². The Morgan fingerprint density at radius 3 is 3.05 bits per heavy atom. The van der Waals surface area contributed by atoms with Gasteiger partial charge in [-0.1, -0.05) is 11.6 Å². The molecule has 1 atom stereocenters. The summed E-state index contributed by atoms with van der Waals surface area (Å²) in [7, 11) is 1.78. The summed E-state index contributed by atoms with van der Waals surface area (Å²) in [4.78, 5) is 19.8. The Balaban J connectivity index is 1.88. The first-order chi connectivity index (χ1) is 9.61. The number of imidazole rings is 1. The van der Waals surface area contributed by atoms with Gasteiger partial charge in [0.05, 0.1) is 11.6 Å². The molecule has 1 amide bonds. The molecule has 1 fully saturated rings. The van der Waals surface area contributed by atoms with Gasteiger partial charge in [0, 0.05) is 38.7 Å². The highest BCUT2D eigenvalue weighted by molar-refractivity contribution is 6.31. The van der Waals surface area contributed by atoms with Crippen molar-refractivity contribution in [2.45, 2.75) is 12.0 Å². The maximum Gasteiger partial charge on any atom is 0.268 e. The van der Waals surface area contributed by atoms with Gasteiger partial charge >= 0.3 is 0 Å². The minimum absolute atomic E-state index is 0.193. The van der Waals surface area contributed by atoms with Crippen molar-refractivity contribution in [2.75, 3.05) is 13.2 Å². The fraction of sp³-hybridized carbons (Fsp3) is 0.385. The average Bonchev–Trinajstić information content (AvgIpc) is 3.10. The Labute approximate surface area is 121 Å². The third-order valence-corrected chi connectivity index (χ3v) is 3.74. The summed E-state index contributed by atoms with van der Waals surface area (Å²) in [5.74, 6) is 0.518. The smallest absolute Gasteiger partial charge is 0.268 e. The van der Waals surface area contributed by atoms with Crippen molar-refractivity contribution < 1.29 is 9.53 Å². The lowest BCUT2D eigenvalue weighted by molar-refractivity contribution is 0.0861. The van der Waals surface area contributed by atoms with Gasteiger partial charge in [0.2, 0.25) is 0 Å². The third kappa shape index (κ3) is 2.21. The Kier molecular flexibility index (Phi) is 3.27. The van der Waals surface area contributed by atoms with Crippen molar-refractivity contribution >= 4 is 17.5 Å². The molecular weight excluding hydrogens is 280 g/mol. The van der Waals surface area contributed by atoms with E-state index in [1.165, 1.54) is 0 Å². The molecule has 2 aromatic heterocycles. The van der Waals surface area contributed by atoms with Gasteiger partial charge in [-0.3, -0.25) is 4.79 Å². The number of carbonyl (C=O) groups is 1. The lowest BCUT2D eigenvalue weighted by Gasteiger charge is -2.26. The highest BCUT2D eigenvalue weighted by atomic mass is 35.5. The second-order valence-corrected chi connectivity index (χ2v) is 5.37. The van der Waals surface area contributed by atoms with Crippen LogP contribution in [0.15, 0.2) is 24.7 Å². The molecule has 2 aromatic rings. The number of amides is 1. The van der Waals surface area contributed by atoms with Gasteiger partial charge in [0.25, 0.3) is 5.91 Å². The van der Waals surface area contributed by atoms with Crippen LogP contribution in [0.3, 0.4) is 0 Å². The highest BCUT2D eigenvalue weighted by Crippen LogP contribution is 2.28. The summed E-state index contributed by atoms with van der Waals surface area (Å²) in [5.41, 5.74) is -0.0926. The normalized spacial score (nSPS) is 22.1. The van der Waals surface area contributed by atoms with Crippen LogP contribution < -0.4 is 5.32 Å². The van der Waals surface area contributed by atoms with Crippen LogP contribution in [0, 0.1) is 0 Å². The van der Waals surface area contributed by atoms with E-state index in [4.69, 9.17) is 16.3 Å². The topological polar surface area (TPSA) is 71.9 Å². The second kappa shape index (κ2) is 4.96. The van der Waals surface area contributed by atoms with Crippen LogP contribution in [0.25, 0.3) is 0 Å². The molecule has 1 saturated heterocycles. The van der Waals surface area contributed by atoms with Crippen LogP contribution in [-0.4, -0.2) is 33.7 Å². The number of carbonyl (C=O) groups excluding carboxylic acids is 1. The van der Waals surface area contributed by atoms with Crippen molar-refractivity contribution in [2.24, 2.45) is 7.05 Å². The summed E-state index contributed by atoms with van der Waals surface area (Å²) >= 11 is 5.92. The maximum absolute atomic E-state index is 12.4. The Morgan fingerprint density at radius 2 is 2.50 bits per heavy atom. The van der Waals surface area contributed by atoms with Gasteiger partial charge in [-0.15, -0.1) is 0 Å². The Morgan fingerprint density at radius 1 is 1.65 bits per heavy atom. The minimum Gasteiger partial charge on any atom is -0.378 e. The number of aryl methyl sites for hydroxylation is 1. The molecule has 0 saturated carbocycles. The van der Waals surface area contributed by atoms with E-state index in [1.807, 2.05) is 0 Å². The molecule has 0 spiro atoms. The summed E-state index contributed by atoms with van der Waals surface area (Å²) in [5, 5.41) is 3.56. The number of H-pyrrole nitrogens is 1. The van der Waals surface area contributed by atoms with E-state index in [0.29, 0.717) is 36.2 Å². The van der Waals surface area contributed by atoms with E-state index in [9.17, 15) is 4.79 Å². The standard InChI is InChI=1S/C13H15ClN4O2/c1-18-7-9(14)6-10(18)11(19)17-13(2-5-20-8-13)12-15-3-4-16-12/h3-4,6-7H,2,5,8H2,1H3,(H,15,16)(H,17,19). The van der Waals surface area contributed by atoms with E-state index >= 15 is 0 Å². The summed E-state index contributed by atoms with van der Waals surface area (Å²) in [6.07, 6.45) is 5.79. The van der Waals surface area contributed by atoms with E-state index in [-0.39, 0.29) is 5.91 Å². The SMILES string of the molecule is Cn1cc(Cl)cc1C(=O)NC1(c2ncc[nH]2)CCOC1. The number of aromatic nitrogens is 3. The van der Waals surface area contributed by atoms with E-state index < -0.39 is 5.54 Å². The number of hydrogen-bond donors (Lipinski definition) is 2. The van der Waals surface area contributed by atoms with Gasteiger partial charge in [0.15, 0.2) is 0 Å². The van der Waals surface area contributed by atoms with Crippen LogP contribution in [0.4, 0.5) is 0 Å². The quantitative estimate of drug-likeness (QED) is 0.900.